The molecule has 1 aliphatic heterocycles. The van der Waals surface area contributed by atoms with Gasteiger partial charge in [0, 0.05) is 17.6 Å². The SMILES string of the molecule is CCN1C(C)(C)CCNCC1(C)C. The second-order valence-electron chi connectivity index (χ2n) is 5.30. The monoisotopic (exact) mass is 184 g/mol. The highest BCUT2D eigenvalue weighted by Gasteiger charge is 2.37. The van der Waals surface area contributed by atoms with Crippen molar-refractivity contribution >= 4 is 0 Å². The van der Waals surface area contributed by atoms with Crippen molar-refractivity contribution in [2.75, 3.05) is 19.6 Å². The summed E-state index contributed by atoms with van der Waals surface area (Å²) in [5.41, 5.74) is 0.622. The van der Waals surface area contributed by atoms with E-state index in [2.05, 4.69) is 44.8 Å². The molecule has 13 heavy (non-hydrogen) atoms. The zero-order valence-electron chi connectivity index (χ0n) is 9.78. The molecule has 0 saturated carbocycles. The first kappa shape index (κ1) is 11.0. The average Bonchev–Trinajstić information content (AvgIpc) is 2.06. The average molecular weight is 184 g/mol. The van der Waals surface area contributed by atoms with Crippen LogP contribution in [0.15, 0.2) is 0 Å². The first-order chi connectivity index (χ1) is 5.90. The van der Waals surface area contributed by atoms with Gasteiger partial charge in [0.05, 0.1) is 0 Å². The van der Waals surface area contributed by atoms with E-state index in [1.165, 1.54) is 6.42 Å². The molecule has 1 rings (SSSR count). The second-order valence-corrected chi connectivity index (χ2v) is 5.30. The fourth-order valence-corrected chi connectivity index (χ4v) is 2.69. The van der Waals surface area contributed by atoms with E-state index >= 15 is 0 Å². The van der Waals surface area contributed by atoms with E-state index < -0.39 is 0 Å². The Bertz CT molecular complexity index is 155. The van der Waals surface area contributed by atoms with Gasteiger partial charge in [-0.1, -0.05) is 6.92 Å². The number of hydrogen-bond donors (Lipinski definition) is 1. The van der Waals surface area contributed by atoms with Crippen LogP contribution in [-0.2, 0) is 0 Å². The molecule has 0 bridgehead atoms. The molecule has 2 heteroatoms. The maximum atomic E-state index is 3.52. The van der Waals surface area contributed by atoms with Crippen molar-refractivity contribution in [1.29, 1.82) is 0 Å². The van der Waals surface area contributed by atoms with Crippen molar-refractivity contribution < 1.29 is 0 Å². The lowest BCUT2D eigenvalue weighted by atomic mass is 9.92. The molecule has 1 aliphatic rings. The van der Waals surface area contributed by atoms with Crippen LogP contribution in [0.5, 0.6) is 0 Å². The summed E-state index contributed by atoms with van der Waals surface area (Å²) in [7, 11) is 0. The highest BCUT2D eigenvalue weighted by Crippen LogP contribution is 2.28. The van der Waals surface area contributed by atoms with Crippen LogP contribution < -0.4 is 5.32 Å². The first-order valence-corrected chi connectivity index (χ1v) is 5.38. The number of likely N-dealkylation sites (N-methyl/N-ethyl adjacent to an activating group) is 1. The first-order valence-electron chi connectivity index (χ1n) is 5.38. The Morgan fingerprint density at radius 1 is 1.15 bits per heavy atom. The molecule has 0 radical (unpaired) electrons. The molecule has 0 aliphatic carbocycles. The topological polar surface area (TPSA) is 15.3 Å². The van der Waals surface area contributed by atoms with E-state index in [0.29, 0.717) is 5.54 Å². The van der Waals surface area contributed by atoms with E-state index in [0.717, 1.165) is 19.6 Å². The van der Waals surface area contributed by atoms with Crippen LogP contribution in [0.1, 0.15) is 41.0 Å². The summed E-state index contributed by atoms with van der Waals surface area (Å²) < 4.78 is 0. The molecule has 2 nitrogen and oxygen atoms in total. The fraction of sp³-hybridized carbons (Fsp3) is 1.00. The largest absolute Gasteiger partial charge is 0.315 e. The van der Waals surface area contributed by atoms with E-state index in [4.69, 9.17) is 0 Å². The maximum absolute atomic E-state index is 3.52. The second kappa shape index (κ2) is 3.58. The van der Waals surface area contributed by atoms with Crippen LogP contribution in [0.3, 0.4) is 0 Å². The third-order valence-corrected chi connectivity index (χ3v) is 3.25. The zero-order chi connectivity index (χ0) is 10.1. The number of nitrogens with zero attached hydrogens (tertiary/aromatic N) is 1. The molecule has 78 valence electrons. The van der Waals surface area contributed by atoms with Crippen molar-refractivity contribution in [1.82, 2.24) is 10.2 Å². The molecule has 1 fully saturated rings. The minimum absolute atomic E-state index is 0.286. The summed E-state index contributed by atoms with van der Waals surface area (Å²) in [5.74, 6) is 0. The van der Waals surface area contributed by atoms with Gasteiger partial charge >= 0.3 is 0 Å². The van der Waals surface area contributed by atoms with E-state index in [1.54, 1.807) is 0 Å². The molecule has 0 aromatic carbocycles. The molecule has 0 unspecified atom stereocenters. The van der Waals surface area contributed by atoms with Crippen molar-refractivity contribution in [3.63, 3.8) is 0 Å². The lowest BCUT2D eigenvalue weighted by molar-refractivity contribution is 0.0336. The number of hydrogen-bond acceptors (Lipinski definition) is 2. The van der Waals surface area contributed by atoms with Gasteiger partial charge in [-0.2, -0.15) is 0 Å². The van der Waals surface area contributed by atoms with Gasteiger partial charge in [0.25, 0.3) is 0 Å². The summed E-state index contributed by atoms with van der Waals surface area (Å²) >= 11 is 0. The van der Waals surface area contributed by atoms with Crippen LogP contribution in [0, 0.1) is 0 Å². The lowest BCUT2D eigenvalue weighted by Crippen LogP contribution is -2.56. The molecule has 0 aromatic heterocycles. The molecular weight excluding hydrogens is 160 g/mol. The van der Waals surface area contributed by atoms with Crippen molar-refractivity contribution in [3.8, 4) is 0 Å². The quantitative estimate of drug-likeness (QED) is 0.669. The van der Waals surface area contributed by atoms with E-state index in [1.807, 2.05) is 0 Å². The van der Waals surface area contributed by atoms with Crippen LogP contribution in [0.2, 0.25) is 0 Å². The van der Waals surface area contributed by atoms with Crippen molar-refractivity contribution in [2.24, 2.45) is 0 Å². The van der Waals surface area contributed by atoms with Gasteiger partial charge in [-0.25, -0.2) is 0 Å². The smallest absolute Gasteiger partial charge is 0.0282 e. The molecule has 0 aromatic rings. The Hall–Kier alpha value is -0.0800. The lowest BCUT2D eigenvalue weighted by Gasteiger charge is -2.46. The predicted octanol–water partition coefficient (Wildman–Crippen LogP) is 1.86. The fourth-order valence-electron chi connectivity index (χ4n) is 2.69. The van der Waals surface area contributed by atoms with Gasteiger partial charge in [0.2, 0.25) is 0 Å². The molecule has 1 N–H and O–H groups in total. The molecule has 1 heterocycles. The maximum Gasteiger partial charge on any atom is 0.0282 e. The van der Waals surface area contributed by atoms with Crippen molar-refractivity contribution in [2.45, 2.75) is 52.1 Å². The molecule has 0 atom stereocenters. The minimum Gasteiger partial charge on any atom is -0.315 e. The third kappa shape index (κ3) is 2.23. The summed E-state index contributed by atoms with van der Waals surface area (Å²) in [6, 6.07) is 0. The van der Waals surface area contributed by atoms with Gasteiger partial charge in [-0.3, -0.25) is 4.90 Å². The van der Waals surface area contributed by atoms with Gasteiger partial charge < -0.3 is 5.32 Å². The van der Waals surface area contributed by atoms with Gasteiger partial charge in [0.15, 0.2) is 0 Å². The van der Waals surface area contributed by atoms with Gasteiger partial charge in [-0.15, -0.1) is 0 Å². The van der Waals surface area contributed by atoms with Crippen LogP contribution in [-0.4, -0.2) is 35.6 Å². The minimum atomic E-state index is 0.286. The predicted molar refractivity (Wildman–Crippen MR) is 58.0 cm³/mol. The summed E-state index contributed by atoms with van der Waals surface area (Å²) in [6.45, 7) is 15.0. The molecule has 0 amide bonds. The number of nitrogens with one attached hydrogen (secondary N) is 1. The van der Waals surface area contributed by atoms with Crippen LogP contribution >= 0.6 is 0 Å². The van der Waals surface area contributed by atoms with E-state index in [-0.39, 0.29) is 5.54 Å². The molecular formula is C11H24N2. The van der Waals surface area contributed by atoms with E-state index in [9.17, 15) is 0 Å². The summed E-state index contributed by atoms with van der Waals surface area (Å²) in [4.78, 5) is 2.61. The third-order valence-electron chi connectivity index (χ3n) is 3.25. The Morgan fingerprint density at radius 3 is 2.31 bits per heavy atom. The van der Waals surface area contributed by atoms with Gasteiger partial charge in [-0.05, 0) is 47.2 Å². The van der Waals surface area contributed by atoms with Gasteiger partial charge in [0.1, 0.15) is 0 Å². The summed E-state index contributed by atoms with van der Waals surface area (Å²) in [6.07, 6.45) is 1.24. The Morgan fingerprint density at radius 2 is 1.77 bits per heavy atom. The Kier molecular flexibility index (Phi) is 3.03. The normalized spacial score (nSPS) is 28.4. The molecule has 0 spiro atoms. The van der Waals surface area contributed by atoms with Crippen molar-refractivity contribution in [3.05, 3.63) is 0 Å². The number of rotatable bonds is 1. The highest BCUT2D eigenvalue weighted by atomic mass is 15.3. The Balaban J connectivity index is 2.87. The standard InChI is InChI=1S/C11H24N2/c1-6-13-10(2,3)7-8-12-9-11(13,4)5/h12H,6-9H2,1-5H3. The highest BCUT2D eigenvalue weighted by molar-refractivity contribution is 4.95. The Labute approximate surface area is 82.7 Å². The zero-order valence-corrected chi connectivity index (χ0v) is 9.78. The van der Waals surface area contributed by atoms with Crippen LogP contribution in [0.25, 0.3) is 0 Å². The molecule has 1 saturated heterocycles. The van der Waals surface area contributed by atoms with Crippen LogP contribution in [0.4, 0.5) is 0 Å². The summed E-state index contributed by atoms with van der Waals surface area (Å²) in [5, 5.41) is 3.52.